The van der Waals surface area contributed by atoms with E-state index in [1.807, 2.05) is 0 Å². The first kappa shape index (κ1) is 19.3. The molecule has 0 aromatic carbocycles. The van der Waals surface area contributed by atoms with Crippen molar-refractivity contribution in [2.24, 2.45) is 5.41 Å². The minimum atomic E-state index is -1.11. The largest absolute Gasteiger partial charge is 0.508 e. The number of aliphatic hydroxyl groups is 1. The Morgan fingerprint density at radius 2 is 1.96 bits per heavy atom. The SMILES string of the molecule is CC1(C)OCC([C@H]2O[C@H](OCO)C[C@H]2OC(=O)C2(C)COC(=O)OC2)O1. The molecule has 0 radical (unpaired) electrons. The van der Waals surface area contributed by atoms with Gasteiger partial charge in [0.2, 0.25) is 0 Å². The Morgan fingerprint density at radius 3 is 2.54 bits per heavy atom. The van der Waals surface area contributed by atoms with Crippen molar-refractivity contribution in [3.8, 4) is 0 Å². The molecule has 0 bridgehead atoms. The molecule has 3 aliphatic heterocycles. The predicted molar refractivity (Wildman–Crippen MR) is 81.6 cm³/mol. The van der Waals surface area contributed by atoms with Gasteiger partial charge in [0, 0.05) is 6.42 Å². The molecule has 148 valence electrons. The molecule has 26 heavy (non-hydrogen) atoms. The molecule has 10 heteroatoms. The molecule has 4 atom stereocenters. The van der Waals surface area contributed by atoms with E-state index in [0.29, 0.717) is 0 Å². The summed E-state index contributed by atoms with van der Waals surface area (Å²) in [5.74, 6) is -1.35. The molecular weight excluding hydrogens is 352 g/mol. The summed E-state index contributed by atoms with van der Waals surface area (Å²) < 4.78 is 37.4. The van der Waals surface area contributed by atoms with Crippen LogP contribution in [0.5, 0.6) is 0 Å². The van der Waals surface area contributed by atoms with Gasteiger partial charge in [-0.2, -0.15) is 0 Å². The molecule has 0 spiro atoms. The number of hydrogen-bond donors (Lipinski definition) is 1. The van der Waals surface area contributed by atoms with Gasteiger partial charge in [0.25, 0.3) is 0 Å². The summed E-state index contributed by atoms with van der Waals surface area (Å²) in [5.41, 5.74) is -1.11. The third kappa shape index (κ3) is 4.09. The van der Waals surface area contributed by atoms with Gasteiger partial charge in [-0.15, -0.1) is 0 Å². The molecule has 1 N–H and O–H groups in total. The fraction of sp³-hybridized carbons (Fsp3) is 0.875. The van der Waals surface area contributed by atoms with Gasteiger partial charge in [-0.3, -0.25) is 4.79 Å². The quantitative estimate of drug-likeness (QED) is 0.530. The molecule has 0 saturated carbocycles. The average molecular weight is 376 g/mol. The fourth-order valence-corrected chi connectivity index (χ4v) is 3.07. The number of carbonyl (C=O) groups excluding carboxylic acids is 2. The Kier molecular flexibility index (Phi) is 5.40. The lowest BCUT2D eigenvalue weighted by Gasteiger charge is -2.32. The van der Waals surface area contributed by atoms with Crippen LogP contribution < -0.4 is 0 Å². The van der Waals surface area contributed by atoms with Crippen molar-refractivity contribution in [3.63, 3.8) is 0 Å². The minimum absolute atomic E-state index is 0.129. The Balaban J connectivity index is 1.67. The molecule has 3 fully saturated rings. The highest BCUT2D eigenvalue weighted by atomic mass is 16.8. The van der Waals surface area contributed by atoms with Gasteiger partial charge in [-0.25, -0.2) is 4.79 Å². The molecule has 3 rings (SSSR count). The van der Waals surface area contributed by atoms with Crippen molar-refractivity contribution < 1.29 is 47.9 Å². The summed E-state index contributed by atoms with van der Waals surface area (Å²) in [6, 6.07) is 0. The highest BCUT2D eigenvalue weighted by molar-refractivity contribution is 5.78. The van der Waals surface area contributed by atoms with E-state index in [9.17, 15) is 9.59 Å². The first-order valence-electron chi connectivity index (χ1n) is 8.43. The first-order chi connectivity index (χ1) is 12.2. The van der Waals surface area contributed by atoms with E-state index in [0.717, 1.165) is 0 Å². The molecular formula is C16H24O10. The average Bonchev–Trinajstić information content (AvgIpc) is 3.13. The maximum absolute atomic E-state index is 12.6. The van der Waals surface area contributed by atoms with Gasteiger partial charge in [0.15, 0.2) is 12.1 Å². The van der Waals surface area contributed by atoms with E-state index in [4.69, 9.17) is 38.3 Å². The van der Waals surface area contributed by atoms with Gasteiger partial charge in [-0.05, 0) is 20.8 Å². The molecule has 0 aromatic heterocycles. The third-order valence-corrected chi connectivity index (χ3v) is 4.53. The van der Waals surface area contributed by atoms with E-state index >= 15 is 0 Å². The van der Waals surface area contributed by atoms with Gasteiger partial charge in [0.1, 0.15) is 43.7 Å². The van der Waals surface area contributed by atoms with Crippen LogP contribution in [-0.2, 0) is 38.0 Å². The standard InChI is InChI=1S/C16H24O10/c1-15(2)23-5-10(26-15)12-9(4-11(25-12)22-8-17)24-13(18)16(3)6-20-14(19)21-7-16/h9-12,17H,4-8H2,1-3H3/t9-,10?,11+,12+/m1/s1. The first-order valence-corrected chi connectivity index (χ1v) is 8.43. The summed E-state index contributed by atoms with van der Waals surface area (Å²) in [4.78, 5) is 23.7. The van der Waals surface area contributed by atoms with Crippen LogP contribution in [0.1, 0.15) is 27.2 Å². The number of hydrogen-bond acceptors (Lipinski definition) is 10. The minimum Gasteiger partial charge on any atom is -0.459 e. The van der Waals surface area contributed by atoms with Crippen LogP contribution in [0.3, 0.4) is 0 Å². The topological polar surface area (TPSA) is 119 Å². The molecule has 0 amide bonds. The van der Waals surface area contributed by atoms with Crippen molar-refractivity contribution in [3.05, 3.63) is 0 Å². The monoisotopic (exact) mass is 376 g/mol. The molecule has 0 aliphatic carbocycles. The van der Waals surface area contributed by atoms with Crippen LogP contribution in [0.15, 0.2) is 0 Å². The molecule has 3 heterocycles. The number of esters is 1. The van der Waals surface area contributed by atoms with E-state index in [-0.39, 0.29) is 26.2 Å². The number of rotatable bonds is 5. The zero-order valence-electron chi connectivity index (χ0n) is 15.0. The number of aliphatic hydroxyl groups excluding tert-OH is 1. The lowest BCUT2D eigenvalue weighted by atomic mass is 9.92. The maximum atomic E-state index is 12.6. The molecule has 3 saturated heterocycles. The van der Waals surface area contributed by atoms with Crippen LogP contribution in [-0.4, -0.2) is 74.2 Å². The lowest BCUT2D eigenvalue weighted by molar-refractivity contribution is -0.205. The van der Waals surface area contributed by atoms with Gasteiger partial charge < -0.3 is 38.3 Å². The number of carbonyl (C=O) groups is 2. The Morgan fingerprint density at radius 1 is 1.27 bits per heavy atom. The second-order valence-corrected chi connectivity index (χ2v) is 7.26. The molecule has 0 aromatic rings. The highest BCUT2D eigenvalue weighted by Crippen LogP contribution is 2.35. The second-order valence-electron chi connectivity index (χ2n) is 7.26. The number of ether oxygens (including phenoxy) is 7. The summed E-state index contributed by atoms with van der Waals surface area (Å²) in [7, 11) is 0. The summed E-state index contributed by atoms with van der Waals surface area (Å²) in [6.45, 7) is 4.64. The number of cyclic esters (lactones) is 2. The second kappa shape index (κ2) is 7.28. The van der Waals surface area contributed by atoms with E-state index in [1.54, 1.807) is 20.8 Å². The summed E-state index contributed by atoms with van der Waals surface area (Å²) >= 11 is 0. The van der Waals surface area contributed by atoms with Crippen LogP contribution in [0.2, 0.25) is 0 Å². The van der Waals surface area contributed by atoms with Crippen LogP contribution in [0, 0.1) is 5.41 Å². The summed E-state index contributed by atoms with van der Waals surface area (Å²) in [5, 5.41) is 8.97. The van der Waals surface area contributed by atoms with Crippen molar-refractivity contribution in [2.75, 3.05) is 26.6 Å². The Hall–Kier alpha value is -1.46. The van der Waals surface area contributed by atoms with Crippen molar-refractivity contribution >= 4 is 12.1 Å². The van der Waals surface area contributed by atoms with Crippen molar-refractivity contribution in [1.82, 2.24) is 0 Å². The smallest absolute Gasteiger partial charge is 0.459 e. The van der Waals surface area contributed by atoms with Crippen molar-refractivity contribution in [1.29, 1.82) is 0 Å². The van der Waals surface area contributed by atoms with Gasteiger partial charge in [0.05, 0.1) is 6.61 Å². The summed E-state index contributed by atoms with van der Waals surface area (Å²) in [6.07, 6.45) is -3.06. The third-order valence-electron chi connectivity index (χ3n) is 4.53. The highest BCUT2D eigenvalue weighted by Gasteiger charge is 2.50. The van der Waals surface area contributed by atoms with Crippen molar-refractivity contribution in [2.45, 2.75) is 57.6 Å². The maximum Gasteiger partial charge on any atom is 0.508 e. The predicted octanol–water partition coefficient (Wildman–Crippen LogP) is 0.304. The normalized spacial score (nSPS) is 35.6. The molecule has 10 nitrogen and oxygen atoms in total. The zero-order valence-corrected chi connectivity index (χ0v) is 15.0. The lowest BCUT2D eigenvalue weighted by Crippen LogP contribution is -2.47. The van der Waals surface area contributed by atoms with E-state index < -0.39 is 54.7 Å². The molecule has 1 unspecified atom stereocenters. The van der Waals surface area contributed by atoms with E-state index in [1.165, 1.54) is 0 Å². The Bertz CT molecular complexity index is 537. The van der Waals surface area contributed by atoms with Gasteiger partial charge >= 0.3 is 12.1 Å². The zero-order chi connectivity index (χ0) is 18.9. The van der Waals surface area contributed by atoms with Gasteiger partial charge in [-0.1, -0.05) is 0 Å². The van der Waals surface area contributed by atoms with Crippen LogP contribution in [0.4, 0.5) is 4.79 Å². The van der Waals surface area contributed by atoms with Crippen LogP contribution >= 0.6 is 0 Å². The van der Waals surface area contributed by atoms with E-state index in [2.05, 4.69) is 0 Å². The fourth-order valence-electron chi connectivity index (χ4n) is 3.07. The molecule has 3 aliphatic rings. The van der Waals surface area contributed by atoms with Crippen LogP contribution in [0.25, 0.3) is 0 Å². The Labute approximate surface area is 150 Å².